The van der Waals surface area contributed by atoms with Crippen molar-refractivity contribution in [1.82, 2.24) is 0 Å². The number of rotatable bonds is 3. The van der Waals surface area contributed by atoms with E-state index in [1.165, 1.54) is 0 Å². The molecule has 0 fully saturated rings. The summed E-state index contributed by atoms with van der Waals surface area (Å²) in [4.78, 5) is 0. The first-order chi connectivity index (χ1) is 6.56. The lowest BCUT2D eigenvalue weighted by atomic mass is 9.88. The molecule has 1 aromatic rings. The molecule has 0 amide bonds. The van der Waals surface area contributed by atoms with Crippen molar-refractivity contribution in [2.45, 2.75) is 26.7 Å². The van der Waals surface area contributed by atoms with Crippen LogP contribution in [0.4, 0.5) is 4.39 Å². The van der Waals surface area contributed by atoms with Crippen LogP contribution in [0.25, 0.3) is 0 Å². The fourth-order valence-electron chi connectivity index (χ4n) is 1.69. The summed E-state index contributed by atoms with van der Waals surface area (Å²) in [5, 5.41) is 0. The van der Waals surface area contributed by atoms with E-state index >= 15 is 0 Å². The van der Waals surface area contributed by atoms with E-state index in [0.29, 0.717) is 12.5 Å². The van der Waals surface area contributed by atoms with Gasteiger partial charge in [-0.3, -0.25) is 0 Å². The number of aryl methyl sites for hydroxylation is 1. The quantitative estimate of drug-likeness (QED) is 0.788. The summed E-state index contributed by atoms with van der Waals surface area (Å²) in [6.07, 6.45) is 0. The lowest BCUT2D eigenvalue weighted by molar-refractivity contribution is 0.479. The van der Waals surface area contributed by atoms with Crippen LogP contribution in [-0.2, 0) is 0 Å². The van der Waals surface area contributed by atoms with Crippen LogP contribution in [-0.4, -0.2) is 6.54 Å². The molecular weight excluding hydrogens is 177 g/mol. The standard InChI is InChI=1S/C12H18FN/c1-8(2)11(7-14)10-5-4-9(3)6-12(10)13/h4-6,8,11H,7,14H2,1-3H3. The maximum atomic E-state index is 13.6. The van der Waals surface area contributed by atoms with E-state index in [1.54, 1.807) is 6.07 Å². The highest BCUT2D eigenvalue weighted by molar-refractivity contribution is 5.27. The third-order valence-corrected chi connectivity index (χ3v) is 2.61. The van der Waals surface area contributed by atoms with E-state index in [-0.39, 0.29) is 11.7 Å². The summed E-state index contributed by atoms with van der Waals surface area (Å²) < 4.78 is 13.6. The predicted molar refractivity (Wildman–Crippen MR) is 57.8 cm³/mol. The molecule has 0 radical (unpaired) electrons. The topological polar surface area (TPSA) is 26.0 Å². The molecule has 0 aliphatic heterocycles. The van der Waals surface area contributed by atoms with Gasteiger partial charge >= 0.3 is 0 Å². The van der Waals surface area contributed by atoms with Crippen LogP contribution in [0.3, 0.4) is 0 Å². The normalized spacial score (nSPS) is 13.3. The van der Waals surface area contributed by atoms with Gasteiger partial charge < -0.3 is 5.73 Å². The molecule has 1 nitrogen and oxygen atoms in total. The molecule has 78 valence electrons. The van der Waals surface area contributed by atoms with Gasteiger partial charge in [0.05, 0.1) is 0 Å². The summed E-state index contributed by atoms with van der Waals surface area (Å²) in [6.45, 7) is 6.52. The Labute approximate surface area is 85.1 Å². The number of benzene rings is 1. The number of hydrogen-bond acceptors (Lipinski definition) is 1. The second-order valence-corrected chi connectivity index (χ2v) is 4.11. The van der Waals surface area contributed by atoms with Gasteiger partial charge in [-0.25, -0.2) is 4.39 Å². The van der Waals surface area contributed by atoms with Gasteiger partial charge in [0.1, 0.15) is 5.82 Å². The zero-order valence-electron chi connectivity index (χ0n) is 9.05. The Hall–Kier alpha value is -0.890. The van der Waals surface area contributed by atoms with Crippen LogP contribution in [0.1, 0.15) is 30.9 Å². The van der Waals surface area contributed by atoms with Crippen molar-refractivity contribution in [1.29, 1.82) is 0 Å². The largest absolute Gasteiger partial charge is 0.330 e. The molecule has 0 heterocycles. The number of hydrogen-bond donors (Lipinski definition) is 1. The summed E-state index contributed by atoms with van der Waals surface area (Å²) in [5.74, 6) is 0.363. The molecule has 1 atom stereocenters. The van der Waals surface area contributed by atoms with Crippen molar-refractivity contribution in [2.75, 3.05) is 6.54 Å². The van der Waals surface area contributed by atoms with E-state index in [2.05, 4.69) is 13.8 Å². The first kappa shape index (κ1) is 11.2. The molecule has 1 aromatic carbocycles. The predicted octanol–water partition coefficient (Wildman–Crippen LogP) is 2.83. The van der Waals surface area contributed by atoms with E-state index in [0.717, 1.165) is 11.1 Å². The highest BCUT2D eigenvalue weighted by Crippen LogP contribution is 2.25. The molecule has 0 aromatic heterocycles. The summed E-state index contributed by atoms with van der Waals surface area (Å²) in [5.41, 5.74) is 7.34. The molecule has 1 unspecified atom stereocenters. The van der Waals surface area contributed by atoms with Crippen molar-refractivity contribution in [3.8, 4) is 0 Å². The van der Waals surface area contributed by atoms with Gasteiger partial charge in [-0.05, 0) is 36.6 Å². The van der Waals surface area contributed by atoms with Crippen molar-refractivity contribution in [2.24, 2.45) is 11.7 Å². The zero-order valence-corrected chi connectivity index (χ0v) is 9.05. The Bertz CT molecular complexity index is 307. The summed E-state index contributed by atoms with van der Waals surface area (Å²) >= 11 is 0. The van der Waals surface area contributed by atoms with Gasteiger partial charge in [0.25, 0.3) is 0 Å². The van der Waals surface area contributed by atoms with E-state index in [4.69, 9.17) is 5.73 Å². The van der Waals surface area contributed by atoms with Crippen molar-refractivity contribution in [3.05, 3.63) is 35.1 Å². The van der Waals surface area contributed by atoms with Gasteiger partial charge in [-0.2, -0.15) is 0 Å². The number of halogens is 1. The van der Waals surface area contributed by atoms with Crippen molar-refractivity contribution in [3.63, 3.8) is 0 Å². The Morgan fingerprint density at radius 2 is 2.00 bits per heavy atom. The Balaban J connectivity index is 3.04. The first-order valence-corrected chi connectivity index (χ1v) is 5.02. The SMILES string of the molecule is Cc1ccc(C(CN)C(C)C)c(F)c1. The summed E-state index contributed by atoms with van der Waals surface area (Å²) in [6, 6.07) is 5.35. The molecular formula is C12H18FN. The molecule has 2 N–H and O–H groups in total. The Kier molecular flexibility index (Phi) is 3.64. The minimum Gasteiger partial charge on any atom is -0.330 e. The summed E-state index contributed by atoms with van der Waals surface area (Å²) in [7, 11) is 0. The molecule has 0 bridgehead atoms. The zero-order chi connectivity index (χ0) is 10.7. The maximum Gasteiger partial charge on any atom is 0.126 e. The van der Waals surface area contributed by atoms with Crippen molar-refractivity contribution >= 4 is 0 Å². The van der Waals surface area contributed by atoms with Gasteiger partial charge in [0.2, 0.25) is 0 Å². The maximum absolute atomic E-state index is 13.6. The van der Waals surface area contributed by atoms with Crippen LogP contribution in [0.15, 0.2) is 18.2 Å². The van der Waals surface area contributed by atoms with Gasteiger partial charge in [0, 0.05) is 5.92 Å². The van der Waals surface area contributed by atoms with E-state index < -0.39 is 0 Å². The van der Waals surface area contributed by atoms with Crippen molar-refractivity contribution < 1.29 is 4.39 Å². The molecule has 0 saturated carbocycles. The second-order valence-electron chi connectivity index (χ2n) is 4.11. The Morgan fingerprint density at radius 1 is 1.36 bits per heavy atom. The molecule has 14 heavy (non-hydrogen) atoms. The minimum atomic E-state index is -0.130. The van der Waals surface area contributed by atoms with Gasteiger partial charge in [0.15, 0.2) is 0 Å². The van der Waals surface area contributed by atoms with E-state index in [1.807, 2.05) is 19.1 Å². The Morgan fingerprint density at radius 3 is 2.43 bits per heavy atom. The lowest BCUT2D eigenvalue weighted by Gasteiger charge is -2.20. The second kappa shape index (κ2) is 4.56. The van der Waals surface area contributed by atoms with Crippen LogP contribution in [0, 0.1) is 18.7 Å². The average molecular weight is 195 g/mol. The highest BCUT2D eigenvalue weighted by atomic mass is 19.1. The average Bonchev–Trinajstić information content (AvgIpc) is 2.09. The molecule has 0 aliphatic carbocycles. The van der Waals surface area contributed by atoms with Crippen LogP contribution < -0.4 is 5.73 Å². The first-order valence-electron chi connectivity index (χ1n) is 5.02. The molecule has 1 rings (SSSR count). The molecule has 0 spiro atoms. The smallest absolute Gasteiger partial charge is 0.126 e. The van der Waals surface area contributed by atoms with Crippen LogP contribution >= 0.6 is 0 Å². The van der Waals surface area contributed by atoms with Gasteiger partial charge in [-0.1, -0.05) is 26.0 Å². The minimum absolute atomic E-state index is 0.121. The molecule has 2 heteroatoms. The monoisotopic (exact) mass is 195 g/mol. The third kappa shape index (κ3) is 2.32. The molecule has 0 saturated heterocycles. The van der Waals surface area contributed by atoms with Crippen LogP contribution in [0.2, 0.25) is 0 Å². The fourth-order valence-corrected chi connectivity index (χ4v) is 1.69. The van der Waals surface area contributed by atoms with Gasteiger partial charge in [-0.15, -0.1) is 0 Å². The van der Waals surface area contributed by atoms with E-state index in [9.17, 15) is 4.39 Å². The number of nitrogens with two attached hydrogens (primary N) is 1. The highest BCUT2D eigenvalue weighted by Gasteiger charge is 2.17. The molecule has 0 aliphatic rings. The lowest BCUT2D eigenvalue weighted by Crippen LogP contribution is -2.19. The van der Waals surface area contributed by atoms with Crippen LogP contribution in [0.5, 0.6) is 0 Å². The fraction of sp³-hybridized carbons (Fsp3) is 0.500. The third-order valence-electron chi connectivity index (χ3n) is 2.61.